The zero-order valence-corrected chi connectivity index (χ0v) is 11.4. The molecule has 0 unspecified atom stereocenters. The molecule has 1 aromatic heterocycles. The third kappa shape index (κ3) is 2.87. The molecule has 1 saturated heterocycles. The monoisotopic (exact) mass is 263 g/mol. The zero-order valence-electron chi connectivity index (χ0n) is 11.4. The second kappa shape index (κ2) is 5.43. The number of aryl methyl sites for hydroxylation is 1. The first-order chi connectivity index (χ1) is 9.22. The van der Waals surface area contributed by atoms with Crippen molar-refractivity contribution in [2.75, 3.05) is 31.2 Å². The predicted molar refractivity (Wildman–Crippen MR) is 72.4 cm³/mol. The third-order valence-electron chi connectivity index (χ3n) is 3.92. The van der Waals surface area contributed by atoms with E-state index in [9.17, 15) is 5.11 Å². The van der Waals surface area contributed by atoms with Crippen molar-refractivity contribution < 1.29 is 9.84 Å². The summed E-state index contributed by atoms with van der Waals surface area (Å²) in [6.07, 6.45) is 3.32. The Kier molecular flexibility index (Phi) is 3.66. The molecule has 0 amide bonds. The molecule has 2 fully saturated rings. The first-order valence-electron chi connectivity index (χ1n) is 7.09. The Morgan fingerprint density at radius 1 is 1.37 bits per heavy atom. The molecule has 1 aliphatic carbocycles. The lowest BCUT2D eigenvalue weighted by Crippen LogP contribution is -2.34. The summed E-state index contributed by atoms with van der Waals surface area (Å²) in [4.78, 5) is 11.3. The van der Waals surface area contributed by atoms with Crippen LogP contribution in [0.25, 0.3) is 0 Å². The molecule has 3 rings (SSSR count). The summed E-state index contributed by atoms with van der Waals surface area (Å²) < 4.78 is 5.35. The number of hydrogen-bond donors (Lipinski definition) is 1. The van der Waals surface area contributed by atoms with Crippen molar-refractivity contribution >= 4 is 5.95 Å². The summed E-state index contributed by atoms with van der Waals surface area (Å²) in [5.41, 5.74) is 2.17. The van der Waals surface area contributed by atoms with Gasteiger partial charge in [0.15, 0.2) is 0 Å². The maximum atomic E-state index is 9.80. The second-order valence-corrected chi connectivity index (χ2v) is 5.54. The average Bonchev–Trinajstić information content (AvgIpc) is 2.51. The first kappa shape index (κ1) is 12.8. The van der Waals surface area contributed by atoms with E-state index in [4.69, 9.17) is 9.72 Å². The van der Waals surface area contributed by atoms with Crippen molar-refractivity contribution in [2.45, 2.75) is 38.2 Å². The highest BCUT2D eigenvalue weighted by Crippen LogP contribution is 2.35. The molecule has 1 atom stereocenters. The number of anilines is 1. The topological polar surface area (TPSA) is 58.5 Å². The molecule has 5 nitrogen and oxygen atoms in total. The van der Waals surface area contributed by atoms with E-state index in [2.05, 4.69) is 11.1 Å². The van der Waals surface area contributed by atoms with Crippen molar-refractivity contribution in [3.63, 3.8) is 0 Å². The van der Waals surface area contributed by atoms with Gasteiger partial charge in [0.25, 0.3) is 0 Å². The molecule has 19 heavy (non-hydrogen) atoms. The molecule has 0 spiro atoms. The Morgan fingerprint density at radius 2 is 2.21 bits per heavy atom. The molecule has 2 heterocycles. The van der Waals surface area contributed by atoms with Gasteiger partial charge in [0.05, 0.1) is 19.3 Å². The van der Waals surface area contributed by atoms with E-state index < -0.39 is 6.10 Å². The summed E-state index contributed by atoms with van der Waals surface area (Å²) in [6.45, 7) is 4.32. The van der Waals surface area contributed by atoms with Gasteiger partial charge >= 0.3 is 0 Å². The smallest absolute Gasteiger partial charge is 0.225 e. The van der Waals surface area contributed by atoms with E-state index in [1.54, 1.807) is 0 Å². The fourth-order valence-electron chi connectivity index (χ4n) is 2.61. The molecule has 1 saturated carbocycles. The summed E-state index contributed by atoms with van der Waals surface area (Å²) in [5.74, 6) is 1.35. The van der Waals surface area contributed by atoms with Crippen LogP contribution in [0.2, 0.25) is 0 Å². The van der Waals surface area contributed by atoms with Gasteiger partial charge in [-0.15, -0.1) is 0 Å². The van der Waals surface area contributed by atoms with Crippen molar-refractivity contribution in [1.29, 1.82) is 0 Å². The van der Waals surface area contributed by atoms with Crippen LogP contribution >= 0.6 is 0 Å². The van der Waals surface area contributed by atoms with E-state index in [1.165, 1.54) is 19.3 Å². The van der Waals surface area contributed by atoms with Crippen LogP contribution in [0.3, 0.4) is 0 Å². The number of aliphatic hydroxyl groups excluding tert-OH is 1. The SMILES string of the molecule is Cc1cc(C2CCC2)nc(N2CCOC[C@@H](O)C2)n1. The molecule has 1 N–H and O–H groups in total. The molecular formula is C14H21N3O2. The minimum absolute atomic E-state index is 0.401. The molecule has 104 valence electrons. The molecular weight excluding hydrogens is 242 g/mol. The normalized spacial score (nSPS) is 24.9. The Morgan fingerprint density at radius 3 is 2.95 bits per heavy atom. The van der Waals surface area contributed by atoms with E-state index in [0.717, 1.165) is 23.9 Å². The van der Waals surface area contributed by atoms with Gasteiger partial charge in [-0.05, 0) is 25.8 Å². The highest BCUT2D eigenvalue weighted by molar-refractivity contribution is 5.34. The minimum Gasteiger partial charge on any atom is -0.389 e. The van der Waals surface area contributed by atoms with E-state index in [1.807, 2.05) is 11.8 Å². The molecule has 0 bridgehead atoms. The zero-order chi connectivity index (χ0) is 13.2. The van der Waals surface area contributed by atoms with Crippen LogP contribution < -0.4 is 4.90 Å². The highest BCUT2D eigenvalue weighted by atomic mass is 16.5. The van der Waals surface area contributed by atoms with E-state index in [0.29, 0.717) is 25.7 Å². The molecule has 1 aromatic rings. The van der Waals surface area contributed by atoms with E-state index >= 15 is 0 Å². The lowest BCUT2D eigenvalue weighted by Gasteiger charge is -2.27. The van der Waals surface area contributed by atoms with Crippen molar-refractivity contribution in [2.24, 2.45) is 0 Å². The minimum atomic E-state index is -0.459. The van der Waals surface area contributed by atoms with Crippen molar-refractivity contribution in [3.05, 3.63) is 17.5 Å². The quantitative estimate of drug-likeness (QED) is 0.870. The molecule has 0 radical (unpaired) electrons. The number of aromatic nitrogens is 2. The van der Waals surface area contributed by atoms with Gasteiger partial charge in [-0.25, -0.2) is 9.97 Å². The van der Waals surface area contributed by atoms with Crippen molar-refractivity contribution in [3.8, 4) is 0 Å². The van der Waals surface area contributed by atoms with Gasteiger partial charge in [-0.2, -0.15) is 0 Å². The summed E-state index contributed by atoms with van der Waals surface area (Å²) in [7, 11) is 0. The number of rotatable bonds is 2. The van der Waals surface area contributed by atoms with Gasteiger partial charge in [0, 0.05) is 30.4 Å². The van der Waals surface area contributed by atoms with Gasteiger partial charge in [-0.1, -0.05) is 6.42 Å². The fraction of sp³-hybridized carbons (Fsp3) is 0.714. The van der Waals surface area contributed by atoms with Gasteiger partial charge < -0.3 is 14.7 Å². The van der Waals surface area contributed by atoms with E-state index in [-0.39, 0.29) is 0 Å². The lowest BCUT2D eigenvalue weighted by molar-refractivity contribution is 0.0597. The van der Waals surface area contributed by atoms with Crippen molar-refractivity contribution in [1.82, 2.24) is 9.97 Å². The number of nitrogens with zero attached hydrogens (tertiary/aromatic N) is 3. The Hall–Kier alpha value is -1.20. The Balaban J connectivity index is 1.83. The van der Waals surface area contributed by atoms with Crippen LogP contribution in [0, 0.1) is 6.92 Å². The largest absolute Gasteiger partial charge is 0.389 e. The third-order valence-corrected chi connectivity index (χ3v) is 3.92. The Labute approximate surface area is 113 Å². The maximum Gasteiger partial charge on any atom is 0.225 e. The first-order valence-corrected chi connectivity index (χ1v) is 7.09. The van der Waals surface area contributed by atoms with Crippen LogP contribution in [-0.2, 0) is 4.74 Å². The van der Waals surface area contributed by atoms with Gasteiger partial charge in [-0.3, -0.25) is 0 Å². The van der Waals surface area contributed by atoms with Gasteiger partial charge in [0.1, 0.15) is 0 Å². The lowest BCUT2D eigenvalue weighted by atomic mass is 9.83. The molecule has 2 aliphatic rings. The molecule has 5 heteroatoms. The van der Waals surface area contributed by atoms with Crippen LogP contribution in [0.4, 0.5) is 5.95 Å². The highest BCUT2D eigenvalue weighted by Gasteiger charge is 2.24. The number of hydrogen-bond acceptors (Lipinski definition) is 5. The molecule has 1 aliphatic heterocycles. The summed E-state index contributed by atoms with van der Waals surface area (Å²) in [5, 5.41) is 9.80. The predicted octanol–water partition coefficient (Wildman–Crippen LogP) is 1.25. The standard InChI is InChI=1S/C14H21N3O2/c1-10-7-13(11-3-2-4-11)16-14(15-10)17-5-6-19-9-12(18)8-17/h7,11-12,18H,2-6,8-9H2,1H3/t12-/m0/s1. The maximum absolute atomic E-state index is 9.80. The van der Waals surface area contributed by atoms with Crippen LogP contribution in [0.5, 0.6) is 0 Å². The van der Waals surface area contributed by atoms with Crippen LogP contribution in [0.15, 0.2) is 6.07 Å². The fourth-order valence-corrected chi connectivity index (χ4v) is 2.61. The Bertz CT molecular complexity index is 448. The second-order valence-electron chi connectivity index (χ2n) is 5.54. The number of β-amino-alcohol motifs (C(OH)–C–C–N with tert-alkyl or cyclic N) is 1. The number of aliphatic hydroxyl groups is 1. The van der Waals surface area contributed by atoms with Gasteiger partial charge in [0.2, 0.25) is 5.95 Å². The number of ether oxygens (including phenoxy) is 1. The molecule has 0 aromatic carbocycles. The van der Waals surface area contributed by atoms with Crippen LogP contribution in [-0.4, -0.2) is 47.5 Å². The summed E-state index contributed by atoms with van der Waals surface area (Å²) in [6, 6.07) is 2.10. The summed E-state index contributed by atoms with van der Waals surface area (Å²) >= 11 is 0. The average molecular weight is 263 g/mol. The van der Waals surface area contributed by atoms with Crippen LogP contribution in [0.1, 0.15) is 36.6 Å².